The van der Waals surface area contributed by atoms with Crippen LogP contribution in [0.4, 0.5) is 0 Å². The summed E-state index contributed by atoms with van der Waals surface area (Å²) in [6.07, 6.45) is 4.08. The summed E-state index contributed by atoms with van der Waals surface area (Å²) < 4.78 is 28.8. The van der Waals surface area contributed by atoms with E-state index in [9.17, 15) is 18.0 Å². The number of carbonyl (C=O) groups excluding carboxylic acids is 2. The first-order valence-corrected chi connectivity index (χ1v) is 11.9. The molecule has 0 radical (unpaired) electrons. The lowest BCUT2D eigenvalue weighted by Crippen LogP contribution is -2.39. The number of benzene rings is 1. The number of sulfone groups is 1. The maximum Gasteiger partial charge on any atom is 0.225 e. The second-order valence-electron chi connectivity index (χ2n) is 7.91. The van der Waals surface area contributed by atoms with E-state index in [1.807, 2.05) is 13.8 Å². The van der Waals surface area contributed by atoms with Crippen LogP contribution < -0.4 is 5.32 Å². The van der Waals surface area contributed by atoms with E-state index < -0.39 is 9.84 Å². The Morgan fingerprint density at radius 1 is 1.27 bits per heavy atom. The van der Waals surface area contributed by atoms with Crippen LogP contribution in [0, 0.1) is 5.92 Å². The van der Waals surface area contributed by atoms with Gasteiger partial charge >= 0.3 is 0 Å². The van der Waals surface area contributed by atoms with Crippen molar-refractivity contribution in [1.29, 1.82) is 0 Å². The van der Waals surface area contributed by atoms with E-state index in [1.54, 1.807) is 23.2 Å². The minimum Gasteiger partial charge on any atom is -0.441 e. The van der Waals surface area contributed by atoms with E-state index in [0.29, 0.717) is 36.7 Å². The third kappa shape index (κ3) is 5.47. The van der Waals surface area contributed by atoms with Crippen LogP contribution in [0.1, 0.15) is 32.6 Å². The molecule has 9 heteroatoms. The molecule has 1 aliphatic heterocycles. The van der Waals surface area contributed by atoms with Gasteiger partial charge in [-0.2, -0.15) is 0 Å². The zero-order valence-corrected chi connectivity index (χ0v) is 18.2. The van der Waals surface area contributed by atoms with Gasteiger partial charge in [-0.05, 0) is 30.7 Å². The highest BCUT2D eigenvalue weighted by Gasteiger charge is 2.28. The molecule has 0 aliphatic carbocycles. The number of carbonyl (C=O) groups is 2. The number of aromatic nitrogens is 1. The van der Waals surface area contributed by atoms with Gasteiger partial charge in [-0.25, -0.2) is 13.4 Å². The molecule has 0 unspecified atom stereocenters. The van der Waals surface area contributed by atoms with Crippen molar-refractivity contribution in [2.45, 2.75) is 44.0 Å². The summed E-state index contributed by atoms with van der Waals surface area (Å²) in [5.41, 5.74) is 0.714. The predicted octanol–water partition coefficient (Wildman–Crippen LogP) is 2.05. The van der Waals surface area contributed by atoms with Gasteiger partial charge in [-0.3, -0.25) is 9.59 Å². The fraction of sp³-hybridized carbons (Fsp3) is 0.476. The van der Waals surface area contributed by atoms with E-state index in [4.69, 9.17) is 4.42 Å². The average Bonchev–Trinajstić information content (AvgIpc) is 3.35. The molecule has 1 aromatic heterocycles. The number of aryl methyl sites for hydroxylation is 1. The number of amides is 2. The van der Waals surface area contributed by atoms with Gasteiger partial charge in [0, 0.05) is 49.7 Å². The van der Waals surface area contributed by atoms with Crippen LogP contribution in [0.3, 0.4) is 0 Å². The molecule has 2 aromatic rings. The molecule has 1 atom stereocenters. The lowest BCUT2D eigenvalue weighted by atomic mass is 10.2. The van der Waals surface area contributed by atoms with Crippen LogP contribution in [-0.4, -0.2) is 55.5 Å². The summed E-state index contributed by atoms with van der Waals surface area (Å²) in [6.45, 7) is 4.97. The van der Waals surface area contributed by atoms with Crippen molar-refractivity contribution in [2.75, 3.05) is 19.3 Å². The molecule has 0 spiro atoms. The van der Waals surface area contributed by atoms with Crippen molar-refractivity contribution in [3.63, 3.8) is 0 Å². The number of nitrogens with one attached hydrogen (secondary N) is 1. The van der Waals surface area contributed by atoms with Crippen molar-refractivity contribution >= 4 is 21.7 Å². The SMILES string of the molecule is CC(C)C(=O)N1CC[C@@H](NC(=O)CCc2ncc(-c3ccc(S(C)(=O)=O)cc3)o2)C1. The van der Waals surface area contributed by atoms with Crippen LogP contribution in [0.2, 0.25) is 0 Å². The van der Waals surface area contributed by atoms with E-state index in [1.165, 1.54) is 12.1 Å². The first-order valence-electron chi connectivity index (χ1n) is 9.97. The topological polar surface area (TPSA) is 110 Å². The molecule has 1 aromatic carbocycles. The molecule has 162 valence electrons. The molecule has 0 saturated carbocycles. The molecule has 8 nitrogen and oxygen atoms in total. The van der Waals surface area contributed by atoms with Crippen LogP contribution in [0.5, 0.6) is 0 Å². The molecule has 30 heavy (non-hydrogen) atoms. The molecule has 3 rings (SSSR count). The maximum absolute atomic E-state index is 12.3. The Hall–Kier alpha value is -2.68. The van der Waals surface area contributed by atoms with Crippen LogP contribution in [0.15, 0.2) is 39.8 Å². The first-order chi connectivity index (χ1) is 14.1. The predicted molar refractivity (Wildman–Crippen MR) is 111 cm³/mol. The Morgan fingerprint density at radius 3 is 2.60 bits per heavy atom. The van der Waals surface area contributed by atoms with Crippen LogP contribution in [-0.2, 0) is 25.8 Å². The molecule has 1 fully saturated rings. The van der Waals surface area contributed by atoms with Crippen molar-refractivity contribution in [3.05, 3.63) is 36.4 Å². The van der Waals surface area contributed by atoms with Crippen molar-refractivity contribution in [1.82, 2.24) is 15.2 Å². The standard InChI is InChI=1S/C21H27N3O5S/c1-14(2)21(26)24-11-10-16(13-24)23-19(25)8-9-20-22-12-18(29-20)15-4-6-17(7-5-15)30(3,27)28/h4-7,12,14,16H,8-11,13H2,1-3H3,(H,23,25)/t16-/m1/s1. The monoisotopic (exact) mass is 433 g/mol. The van der Waals surface area contributed by atoms with Crippen molar-refractivity contribution in [3.8, 4) is 11.3 Å². The lowest BCUT2D eigenvalue weighted by molar-refractivity contribution is -0.133. The normalized spacial score (nSPS) is 16.8. The summed E-state index contributed by atoms with van der Waals surface area (Å²) in [6, 6.07) is 6.36. The van der Waals surface area contributed by atoms with E-state index in [-0.39, 0.29) is 35.1 Å². The highest BCUT2D eigenvalue weighted by atomic mass is 32.2. The summed E-state index contributed by atoms with van der Waals surface area (Å²) in [7, 11) is -3.25. The molecule has 1 N–H and O–H groups in total. The quantitative estimate of drug-likeness (QED) is 0.716. The molecule has 1 aliphatic rings. The Bertz CT molecular complexity index is 1010. The Morgan fingerprint density at radius 2 is 1.97 bits per heavy atom. The Labute approximate surface area is 176 Å². The van der Waals surface area contributed by atoms with Crippen molar-refractivity contribution < 1.29 is 22.4 Å². The van der Waals surface area contributed by atoms with Gasteiger partial charge in [-0.15, -0.1) is 0 Å². The number of hydrogen-bond acceptors (Lipinski definition) is 6. The minimum atomic E-state index is -3.25. The summed E-state index contributed by atoms with van der Waals surface area (Å²) in [5.74, 6) is 0.931. The van der Waals surface area contributed by atoms with Gasteiger partial charge in [-0.1, -0.05) is 13.8 Å². The van der Waals surface area contributed by atoms with Gasteiger partial charge in [0.15, 0.2) is 21.5 Å². The number of rotatable bonds is 7. The summed E-state index contributed by atoms with van der Waals surface area (Å²) >= 11 is 0. The van der Waals surface area contributed by atoms with Gasteiger partial charge in [0.2, 0.25) is 11.8 Å². The van der Waals surface area contributed by atoms with Gasteiger partial charge in [0.25, 0.3) is 0 Å². The summed E-state index contributed by atoms with van der Waals surface area (Å²) in [5, 5.41) is 2.97. The van der Waals surface area contributed by atoms with Gasteiger partial charge < -0.3 is 14.6 Å². The third-order valence-corrected chi connectivity index (χ3v) is 6.17. The molecular formula is C21H27N3O5S. The minimum absolute atomic E-state index is 0.0197. The molecule has 2 heterocycles. The van der Waals surface area contributed by atoms with Gasteiger partial charge in [0.1, 0.15) is 0 Å². The van der Waals surface area contributed by atoms with E-state index in [0.717, 1.165) is 12.7 Å². The Balaban J connectivity index is 1.50. The first kappa shape index (κ1) is 22.0. The molecular weight excluding hydrogens is 406 g/mol. The second kappa shape index (κ2) is 8.99. The number of likely N-dealkylation sites (tertiary alicyclic amines) is 1. The van der Waals surface area contributed by atoms with E-state index in [2.05, 4.69) is 10.3 Å². The van der Waals surface area contributed by atoms with Crippen LogP contribution in [0.25, 0.3) is 11.3 Å². The molecule has 2 amide bonds. The van der Waals surface area contributed by atoms with Gasteiger partial charge in [0.05, 0.1) is 11.1 Å². The maximum atomic E-state index is 12.3. The van der Waals surface area contributed by atoms with Crippen LogP contribution >= 0.6 is 0 Å². The lowest BCUT2D eigenvalue weighted by Gasteiger charge is -2.19. The zero-order valence-electron chi connectivity index (χ0n) is 17.4. The highest BCUT2D eigenvalue weighted by molar-refractivity contribution is 7.90. The fourth-order valence-electron chi connectivity index (χ4n) is 3.39. The largest absolute Gasteiger partial charge is 0.441 e. The second-order valence-corrected chi connectivity index (χ2v) is 9.92. The average molecular weight is 434 g/mol. The number of hydrogen-bond donors (Lipinski definition) is 1. The molecule has 0 bridgehead atoms. The zero-order chi connectivity index (χ0) is 21.9. The van der Waals surface area contributed by atoms with E-state index >= 15 is 0 Å². The smallest absolute Gasteiger partial charge is 0.225 e. The van der Waals surface area contributed by atoms with Crippen molar-refractivity contribution in [2.24, 2.45) is 5.92 Å². The Kier molecular flexibility index (Phi) is 6.60. The number of oxazole rings is 1. The fourth-order valence-corrected chi connectivity index (χ4v) is 4.02. The highest BCUT2D eigenvalue weighted by Crippen LogP contribution is 2.23. The number of nitrogens with zero attached hydrogens (tertiary/aromatic N) is 2. The third-order valence-electron chi connectivity index (χ3n) is 5.05. The summed E-state index contributed by atoms with van der Waals surface area (Å²) in [4.78, 5) is 30.5. The molecule has 1 saturated heterocycles.